The molecule has 0 N–H and O–H groups in total. The van der Waals surface area contributed by atoms with E-state index in [1.807, 2.05) is 0 Å². The Morgan fingerprint density at radius 1 is 0.350 bits per heavy atom. The van der Waals surface area contributed by atoms with Crippen LogP contribution in [0.1, 0.15) is 27.8 Å². The summed E-state index contributed by atoms with van der Waals surface area (Å²) in [4.78, 5) is 4.93. The van der Waals surface area contributed by atoms with Crippen molar-refractivity contribution in [3.05, 3.63) is 233 Å². The predicted molar refractivity (Wildman–Crippen MR) is 340 cm³/mol. The number of rotatable bonds is 4. The molecule has 0 aliphatic heterocycles. The van der Waals surface area contributed by atoms with Crippen molar-refractivity contribution in [2.45, 2.75) is 27.7 Å². The van der Waals surface area contributed by atoms with Crippen LogP contribution in [-0.2, 0) is 0 Å². The molecule has 0 saturated heterocycles. The minimum absolute atomic E-state index is 0.380. The van der Waals surface area contributed by atoms with Gasteiger partial charge in [-0.1, -0.05) is 133 Å². The molecule has 0 bridgehead atoms. The summed E-state index contributed by atoms with van der Waals surface area (Å²) < 4.78 is 14.1. The lowest BCUT2D eigenvalue weighted by molar-refractivity contribution is 1.03. The Kier molecular flexibility index (Phi) is 9.19. The fourth-order valence-corrected chi connectivity index (χ4v) is 16.1. The standard InChI is InChI=1S/C72H44N6S2/c1-39-34-53-49-30-32-51-47-22-10-16-28-62(47)79-71(51)67(49)77(60(53)36-41(39)3)65-55(38-73)66(75-56-24-12-6-18-43(56)44-19-7-13-25-57(44)75)70(69(64(65)74-5)76-58-26-14-8-20-45(58)46-21-9-15-27-59(46)76)78-61-37-42(4)40(2)35-54(61)50-31-33-52-48-23-11-17-29-63(48)80-72(52)68(50)78/h6-37H,1-4H3. The third-order valence-corrected chi connectivity index (χ3v) is 19.8. The van der Waals surface area contributed by atoms with Crippen LogP contribution in [0.2, 0.25) is 0 Å². The molecule has 6 nitrogen and oxygen atoms in total. The highest BCUT2D eigenvalue weighted by atomic mass is 32.1. The van der Waals surface area contributed by atoms with Crippen LogP contribution in [0.25, 0.3) is 155 Å². The van der Waals surface area contributed by atoms with Crippen LogP contribution in [0.15, 0.2) is 194 Å². The number of para-hydroxylation sites is 4. The zero-order valence-corrected chi connectivity index (χ0v) is 45.6. The van der Waals surface area contributed by atoms with E-state index in [4.69, 9.17) is 4.85 Å². The molecule has 0 atom stereocenters. The van der Waals surface area contributed by atoms with Crippen LogP contribution in [0.4, 0.5) is 5.69 Å². The highest BCUT2D eigenvalue weighted by molar-refractivity contribution is 7.27. The number of aryl methyl sites for hydroxylation is 4. The van der Waals surface area contributed by atoms with Crippen molar-refractivity contribution in [2.24, 2.45) is 0 Å². The zero-order valence-electron chi connectivity index (χ0n) is 44.0. The molecule has 6 aromatic heterocycles. The maximum Gasteiger partial charge on any atom is 0.237 e. The molecule has 0 amide bonds. The first-order valence-electron chi connectivity index (χ1n) is 27.0. The summed E-state index contributed by atoms with van der Waals surface area (Å²) in [5.41, 5.74) is 15.9. The number of hydrogen-bond acceptors (Lipinski definition) is 3. The van der Waals surface area contributed by atoms with Gasteiger partial charge in [-0.05, 0) is 111 Å². The topological polar surface area (TPSA) is 47.9 Å². The zero-order chi connectivity index (χ0) is 53.4. The quantitative estimate of drug-likeness (QED) is 0.162. The summed E-state index contributed by atoms with van der Waals surface area (Å²) in [7, 11) is 0. The fourth-order valence-electron chi connectivity index (χ4n) is 13.6. The van der Waals surface area contributed by atoms with E-state index in [9.17, 15) is 11.8 Å². The molecule has 8 heteroatoms. The summed E-state index contributed by atoms with van der Waals surface area (Å²) in [6, 6.07) is 73.2. The first kappa shape index (κ1) is 45.1. The first-order chi connectivity index (χ1) is 39.3. The molecule has 0 radical (unpaired) electrons. The molecule has 11 aromatic carbocycles. The molecule has 80 heavy (non-hydrogen) atoms. The Bertz CT molecular complexity index is 5490. The van der Waals surface area contributed by atoms with E-state index in [0.29, 0.717) is 28.3 Å². The van der Waals surface area contributed by atoms with Crippen LogP contribution in [-0.4, -0.2) is 18.3 Å². The Morgan fingerprint density at radius 2 is 0.713 bits per heavy atom. The number of nitriles is 1. The van der Waals surface area contributed by atoms with Crippen molar-refractivity contribution in [1.82, 2.24) is 18.3 Å². The molecular formula is C72H44N6S2. The van der Waals surface area contributed by atoms with Crippen LogP contribution in [0.5, 0.6) is 0 Å². The summed E-state index contributed by atoms with van der Waals surface area (Å²) in [5, 5.41) is 26.2. The summed E-state index contributed by atoms with van der Waals surface area (Å²) in [5.74, 6) is 0. The number of thiophene rings is 2. The van der Waals surface area contributed by atoms with Gasteiger partial charge in [-0.3, -0.25) is 0 Å². The van der Waals surface area contributed by atoms with Gasteiger partial charge in [0.15, 0.2) is 0 Å². The molecule has 0 spiro atoms. The van der Waals surface area contributed by atoms with E-state index in [1.165, 1.54) is 36.7 Å². The van der Waals surface area contributed by atoms with E-state index < -0.39 is 0 Å². The van der Waals surface area contributed by atoms with Crippen molar-refractivity contribution in [3.8, 4) is 28.8 Å². The lowest BCUT2D eigenvalue weighted by atomic mass is 10.0. The second-order valence-corrected chi connectivity index (χ2v) is 23.6. The van der Waals surface area contributed by atoms with Gasteiger partial charge in [-0.25, -0.2) is 4.85 Å². The second kappa shape index (κ2) is 16.3. The Morgan fingerprint density at radius 3 is 1.14 bits per heavy atom. The lowest BCUT2D eigenvalue weighted by Crippen LogP contribution is -2.14. The van der Waals surface area contributed by atoms with E-state index >= 15 is 0 Å². The molecule has 0 fully saturated rings. The monoisotopic (exact) mass is 1060 g/mol. The van der Waals surface area contributed by atoms with Crippen molar-refractivity contribution >= 4 is 156 Å². The van der Waals surface area contributed by atoms with Crippen LogP contribution < -0.4 is 0 Å². The highest BCUT2D eigenvalue weighted by Gasteiger charge is 2.36. The fraction of sp³-hybridized carbons (Fsp3) is 0.0556. The molecule has 0 aliphatic carbocycles. The van der Waals surface area contributed by atoms with E-state index in [2.05, 4.69) is 246 Å². The van der Waals surface area contributed by atoms with Crippen molar-refractivity contribution in [1.29, 1.82) is 5.26 Å². The molecule has 17 aromatic rings. The number of fused-ring (bicyclic) bond motifs is 20. The highest BCUT2D eigenvalue weighted by Crippen LogP contribution is 2.54. The molecular weight excluding hydrogens is 1010 g/mol. The van der Waals surface area contributed by atoms with Crippen LogP contribution >= 0.6 is 22.7 Å². The van der Waals surface area contributed by atoms with Gasteiger partial charge in [-0.15, -0.1) is 22.7 Å². The van der Waals surface area contributed by atoms with Crippen molar-refractivity contribution < 1.29 is 0 Å². The smallest absolute Gasteiger partial charge is 0.237 e. The van der Waals surface area contributed by atoms with Crippen molar-refractivity contribution in [2.75, 3.05) is 0 Å². The van der Waals surface area contributed by atoms with Crippen molar-refractivity contribution in [3.63, 3.8) is 0 Å². The average molecular weight is 1060 g/mol. The molecule has 6 heterocycles. The van der Waals surface area contributed by atoms with Gasteiger partial charge in [0.05, 0.1) is 88.4 Å². The van der Waals surface area contributed by atoms with Gasteiger partial charge >= 0.3 is 0 Å². The number of aromatic nitrogens is 4. The molecule has 0 saturated carbocycles. The largest absolute Gasteiger partial charge is 0.317 e. The summed E-state index contributed by atoms with van der Waals surface area (Å²) >= 11 is 3.58. The first-order valence-corrected chi connectivity index (χ1v) is 28.6. The van der Waals surface area contributed by atoms with Gasteiger partial charge < -0.3 is 18.3 Å². The van der Waals surface area contributed by atoms with E-state index in [1.54, 1.807) is 22.7 Å². The van der Waals surface area contributed by atoms with Crippen LogP contribution in [0, 0.1) is 45.6 Å². The normalized spacial score (nSPS) is 12.2. The second-order valence-electron chi connectivity index (χ2n) is 21.5. The molecule has 17 rings (SSSR count). The van der Waals surface area contributed by atoms with Gasteiger partial charge in [0.25, 0.3) is 0 Å². The summed E-state index contributed by atoms with van der Waals surface area (Å²) in [6.07, 6.45) is 0. The minimum Gasteiger partial charge on any atom is -0.317 e. The lowest BCUT2D eigenvalue weighted by Gasteiger charge is -2.27. The number of hydrogen-bond donors (Lipinski definition) is 0. The molecule has 0 aliphatic rings. The predicted octanol–water partition coefficient (Wildman–Crippen LogP) is 20.5. The van der Waals surface area contributed by atoms with E-state index in [-0.39, 0.29) is 0 Å². The maximum atomic E-state index is 12.9. The molecule has 374 valence electrons. The third-order valence-electron chi connectivity index (χ3n) is 17.4. The summed E-state index contributed by atoms with van der Waals surface area (Å²) in [6.45, 7) is 18.8. The van der Waals surface area contributed by atoms with Gasteiger partial charge in [0.2, 0.25) is 5.69 Å². The number of nitrogens with zero attached hydrogens (tertiary/aromatic N) is 6. The Balaban J connectivity index is 1.23. The van der Waals surface area contributed by atoms with Gasteiger partial charge in [-0.2, -0.15) is 5.26 Å². The van der Waals surface area contributed by atoms with Gasteiger partial charge in [0.1, 0.15) is 6.07 Å². The average Bonchev–Trinajstić information content (AvgIpc) is 4.24. The minimum atomic E-state index is 0.380. The Labute approximate surface area is 466 Å². The number of benzene rings is 11. The van der Waals surface area contributed by atoms with Crippen LogP contribution in [0.3, 0.4) is 0 Å². The SMILES string of the molecule is [C-]#[N+]c1c(-n2c3ccccc3c3ccccc32)c(-n2c3cc(C)c(C)cc3c3ccc4c5ccccc5sc4c32)c(-n2c3ccccc3c3ccccc32)c(C#N)c1-n1c2cc(C)c(C)cc2c2ccc3c4ccccc4sc3c21. The Hall–Kier alpha value is -9.96. The third kappa shape index (κ3) is 5.78. The molecule has 0 unspecified atom stereocenters. The van der Waals surface area contributed by atoms with Gasteiger partial charge in [0, 0.05) is 74.0 Å². The maximum absolute atomic E-state index is 12.9. The van der Waals surface area contributed by atoms with E-state index in [0.717, 1.165) is 119 Å².